The highest BCUT2D eigenvalue weighted by atomic mass is 16.3. The van der Waals surface area contributed by atoms with Gasteiger partial charge >= 0.3 is 0 Å². The molecular formula is C26H20N2O4. The van der Waals surface area contributed by atoms with Crippen LogP contribution in [0.4, 0.5) is 5.69 Å². The number of nitriles is 1. The number of aliphatic hydroxyl groups excluding tert-OH is 1. The molecule has 6 nitrogen and oxygen atoms in total. The summed E-state index contributed by atoms with van der Waals surface area (Å²) in [5.41, 5.74) is 3.81. The van der Waals surface area contributed by atoms with Crippen LogP contribution < -0.4 is 4.90 Å². The fourth-order valence-corrected chi connectivity index (χ4v) is 4.55. The second-order valence-corrected chi connectivity index (χ2v) is 8.03. The number of carbonyl (C=O) groups excluding carboxylic acids is 2. The molecule has 1 atom stereocenters. The monoisotopic (exact) mass is 424 g/mol. The van der Waals surface area contributed by atoms with E-state index in [1.54, 1.807) is 42.5 Å². The number of carbonyl (C=O) groups is 2. The van der Waals surface area contributed by atoms with Crippen LogP contribution in [0.25, 0.3) is 5.76 Å². The van der Waals surface area contributed by atoms with E-state index in [4.69, 9.17) is 9.68 Å². The van der Waals surface area contributed by atoms with E-state index in [1.165, 1.54) is 16.7 Å². The Hall–Kier alpha value is -4.11. The van der Waals surface area contributed by atoms with Gasteiger partial charge in [-0.1, -0.05) is 12.1 Å². The first-order valence-electron chi connectivity index (χ1n) is 10.5. The number of furan rings is 1. The minimum atomic E-state index is -0.908. The van der Waals surface area contributed by atoms with Crippen molar-refractivity contribution in [2.75, 3.05) is 4.90 Å². The Morgan fingerprint density at radius 1 is 1.03 bits per heavy atom. The largest absolute Gasteiger partial charge is 0.507 e. The summed E-state index contributed by atoms with van der Waals surface area (Å²) in [6, 6.07) is 16.6. The molecule has 6 heteroatoms. The van der Waals surface area contributed by atoms with Crippen LogP contribution in [-0.2, 0) is 22.4 Å². The van der Waals surface area contributed by atoms with E-state index < -0.39 is 17.7 Å². The lowest BCUT2D eigenvalue weighted by atomic mass is 9.89. The number of aryl methyl sites for hydroxylation is 2. The number of Topliss-reactive ketones (excluding diaryl/α,β-unsaturated/α-hetero) is 1. The molecule has 0 bridgehead atoms. The van der Waals surface area contributed by atoms with Gasteiger partial charge in [0.25, 0.3) is 11.7 Å². The van der Waals surface area contributed by atoms with Crippen molar-refractivity contribution in [3.8, 4) is 6.07 Å². The van der Waals surface area contributed by atoms with E-state index in [1.807, 2.05) is 18.2 Å². The first-order chi connectivity index (χ1) is 15.6. The summed E-state index contributed by atoms with van der Waals surface area (Å²) >= 11 is 0. The smallest absolute Gasteiger partial charge is 0.300 e. The second-order valence-electron chi connectivity index (χ2n) is 8.03. The highest BCUT2D eigenvalue weighted by Gasteiger charge is 2.48. The summed E-state index contributed by atoms with van der Waals surface area (Å²) in [5.74, 6) is -1.37. The van der Waals surface area contributed by atoms with E-state index in [0.717, 1.165) is 31.2 Å². The fourth-order valence-electron chi connectivity index (χ4n) is 4.55. The molecule has 0 spiro atoms. The van der Waals surface area contributed by atoms with Crippen molar-refractivity contribution in [2.45, 2.75) is 31.7 Å². The second kappa shape index (κ2) is 7.86. The van der Waals surface area contributed by atoms with Crippen LogP contribution in [0.5, 0.6) is 0 Å². The topological polar surface area (TPSA) is 94.5 Å². The van der Waals surface area contributed by atoms with Crippen LogP contribution in [0.2, 0.25) is 0 Å². The molecule has 2 aromatic carbocycles. The molecule has 1 aliphatic heterocycles. The number of nitrogens with zero attached hydrogens (tertiary/aromatic N) is 2. The van der Waals surface area contributed by atoms with Gasteiger partial charge in [0.2, 0.25) is 0 Å². The van der Waals surface area contributed by atoms with Crippen LogP contribution in [-0.4, -0.2) is 16.8 Å². The summed E-state index contributed by atoms with van der Waals surface area (Å²) in [7, 11) is 0. The summed E-state index contributed by atoms with van der Waals surface area (Å²) < 4.78 is 5.57. The first-order valence-corrected chi connectivity index (χ1v) is 10.5. The van der Waals surface area contributed by atoms with Crippen molar-refractivity contribution >= 4 is 23.1 Å². The number of ketones is 1. The summed E-state index contributed by atoms with van der Waals surface area (Å²) in [5, 5.41) is 20.3. The van der Waals surface area contributed by atoms with E-state index in [0.29, 0.717) is 22.6 Å². The molecule has 1 saturated heterocycles. The molecule has 2 aliphatic rings. The van der Waals surface area contributed by atoms with Gasteiger partial charge in [0.05, 0.1) is 23.5 Å². The molecule has 1 unspecified atom stereocenters. The SMILES string of the molecule is N#Cc1ccc(N2C(=O)C(=O)/C(=C(\O)c3ccc4c(c3)CCCC4)C2c2ccco2)cc1. The van der Waals surface area contributed by atoms with Crippen LogP contribution in [0, 0.1) is 11.3 Å². The lowest BCUT2D eigenvalue weighted by Gasteiger charge is -2.23. The van der Waals surface area contributed by atoms with Crippen molar-refractivity contribution in [3.05, 3.63) is 94.4 Å². The van der Waals surface area contributed by atoms with Crippen LogP contribution in [0.1, 0.15) is 46.9 Å². The van der Waals surface area contributed by atoms with Gasteiger partial charge in [-0.3, -0.25) is 14.5 Å². The Morgan fingerprint density at radius 2 is 1.78 bits per heavy atom. The average molecular weight is 424 g/mol. The van der Waals surface area contributed by atoms with Crippen molar-refractivity contribution in [1.82, 2.24) is 0 Å². The van der Waals surface area contributed by atoms with Crippen molar-refractivity contribution < 1.29 is 19.1 Å². The van der Waals surface area contributed by atoms with E-state index in [-0.39, 0.29) is 11.3 Å². The van der Waals surface area contributed by atoms with Gasteiger partial charge < -0.3 is 9.52 Å². The maximum absolute atomic E-state index is 13.1. The summed E-state index contributed by atoms with van der Waals surface area (Å²) in [6.07, 6.45) is 5.63. The molecule has 1 aliphatic carbocycles. The number of amides is 1. The van der Waals surface area contributed by atoms with Gasteiger partial charge in [-0.25, -0.2) is 0 Å². The van der Waals surface area contributed by atoms with Gasteiger partial charge in [-0.2, -0.15) is 5.26 Å². The van der Waals surface area contributed by atoms with E-state index in [9.17, 15) is 14.7 Å². The van der Waals surface area contributed by atoms with E-state index >= 15 is 0 Å². The molecule has 5 rings (SSSR count). The molecule has 1 N–H and O–H groups in total. The molecular weight excluding hydrogens is 404 g/mol. The normalized spacial score (nSPS) is 19.6. The standard InChI is InChI=1S/C26H20N2O4/c27-15-16-7-11-20(12-8-16)28-23(21-6-3-13-32-21)22(25(30)26(28)31)24(29)19-10-9-17-4-1-2-5-18(17)14-19/h3,6-14,23,29H,1-2,4-5H2/b24-22-. The number of fused-ring (bicyclic) bond motifs is 1. The molecule has 0 radical (unpaired) electrons. The lowest BCUT2D eigenvalue weighted by Crippen LogP contribution is -2.29. The maximum Gasteiger partial charge on any atom is 0.300 e. The summed E-state index contributed by atoms with van der Waals surface area (Å²) in [4.78, 5) is 27.5. The predicted octanol–water partition coefficient (Wildman–Crippen LogP) is 4.66. The van der Waals surface area contributed by atoms with Gasteiger partial charge in [-0.15, -0.1) is 0 Å². The number of rotatable bonds is 3. The first kappa shape index (κ1) is 19.8. The molecule has 2 heterocycles. The van der Waals surface area contributed by atoms with Gasteiger partial charge in [0, 0.05) is 11.3 Å². The van der Waals surface area contributed by atoms with Crippen molar-refractivity contribution in [3.63, 3.8) is 0 Å². The molecule has 1 fully saturated rings. The maximum atomic E-state index is 13.1. The van der Waals surface area contributed by atoms with E-state index in [2.05, 4.69) is 0 Å². The summed E-state index contributed by atoms with van der Waals surface area (Å²) in [6.45, 7) is 0. The Labute approximate surface area is 185 Å². The molecule has 158 valence electrons. The Morgan fingerprint density at radius 3 is 2.47 bits per heavy atom. The number of benzene rings is 2. The van der Waals surface area contributed by atoms with Crippen LogP contribution in [0.3, 0.4) is 0 Å². The zero-order valence-corrected chi connectivity index (χ0v) is 17.2. The zero-order valence-electron chi connectivity index (χ0n) is 17.2. The van der Waals surface area contributed by atoms with Crippen LogP contribution >= 0.6 is 0 Å². The Balaban J connectivity index is 1.66. The number of hydrogen-bond donors (Lipinski definition) is 1. The van der Waals surface area contributed by atoms with Crippen molar-refractivity contribution in [2.24, 2.45) is 0 Å². The zero-order chi connectivity index (χ0) is 22.2. The van der Waals surface area contributed by atoms with Crippen LogP contribution in [0.15, 0.2) is 70.9 Å². The third-order valence-corrected chi connectivity index (χ3v) is 6.15. The molecule has 3 aromatic rings. The molecule has 0 saturated carbocycles. The molecule has 1 amide bonds. The minimum absolute atomic E-state index is 0.00920. The number of aliphatic hydroxyl groups is 1. The van der Waals surface area contributed by atoms with Gasteiger partial charge in [0.1, 0.15) is 17.6 Å². The fraction of sp³-hybridized carbons (Fsp3) is 0.192. The van der Waals surface area contributed by atoms with Gasteiger partial charge in [-0.05, 0) is 79.3 Å². The average Bonchev–Trinajstić information content (AvgIpc) is 3.45. The lowest BCUT2D eigenvalue weighted by molar-refractivity contribution is -0.132. The minimum Gasteiger partial charge on any atom is -0.507 e. The highest BCUT2D eigenvalue weighted by Crippen LogP contribution is 2.42. The van der Waals surface area contributed by atoms with Crippen molar-refractivity contribution in [1.29, 1.82) is 5.26 Å². The van der Waals surface area contributed by atoms with Gasteiger partial charge in [0.15, 0.2) is 0 Å². The Kier molecular flexibility index (Phi) is 4.87. The highest BCUT2D eigenvalue weighted by molar-refractivity contribution is 6.51. The molecule has 1 aromatic heterocycles. The third-order valence-electron chi connectivity index (χ3n) is 6.15. The number of hydrogen-bond acceptors (Lipinski definition) is 5. The predicted molar refractivity (Wildman–Crippen MR) is 118 cm³/mol. The third kappa shape index (κ3) is 3.19. The Bertz CT molecular complexity index is 1280. The quantitative estimate of drug-likeness (QED) is 0.375. The molecule has 32 heavy (non-hydrogen) atoms. The number of anilines is 1.